The van der Waals surface area contributed by atoms with Gasteiger partial charge in [-0.1, -0.05) is 18.2 Å². The molecule has 0 unspecified atom stereocenters. The van der Waals surface area contributed by atoms with Crippen LogP contribution >= 0.6 is 0 Å². The molecular weight excluding hydrogens is 348 g/mol. The lowest BCUT2D eigenvalue weighted by Gasteiger charge is -2.08. The van der Waals surface area contributed by atoms with E-state index in [4.69, 9.17) is 9.15 Å². The molecule has 3 aromatic rings. The highest BCUT2D eigenvalue weighted by Crippen LogP contribution is 2.17. The highest BCUT2D eigenvalue weighted by molar-refractivity contribution is 6.05. The van der Waals surface area contributed by atoms with Crippen LogP contribution in [-0.4, -0.2) is 25.0 Å². The Labute approximate surface area is 154 Å². The number of fused-ring (bicyclic) bond motifs is 1. The monoisotopic (exact) mass is 366 g/mol. The van der Waals surface area contributed by atoms with Crippen molar-refractivity contribution in [1.82, 2.24) is 5.32 Å². The molecule has 27 heavy (non-hydrogen) atoms. The lowest BCUT2D eigenvalue weighted by atomic mass is 10.1. The molecule has 0 fully saturated rings. The number of ether oxygens (including phenoxy) is 1. The smallest absolute Gasteiger partial charge is 0.349 e. The van der Waals surface area contributed by atoms with Gasteiger partial charge < -0.3 is 19.8 Å². The first kappa shape index (κ1) is 18.2. The van der Waals surface area contributed by atoms with E-state index in [2.05, 4.69) is 10.6 Å². The summed E-state index contributed by atoms with van der Waals surface area (Å²) in [5.74, 6) is -0.284. The van der Waals surface area contributed by atoms with E-state index in [1.54, 1.807) is 48.5 Å². The van der Waals surface area contributed by atoms with Crippen LogP contribution in [0.4, 0.5) is 5.69 Å². The third-order valence-corrected chi connectivity index (χ3v) is 3.74. The Morgan fingerprint density at radius 1 is 1.07 bits per heavy atom. The van der Waals surface area contributed by atoms with Gasteiger partial charge in [0.05, 0.1) is 0 Å². The maximum atomic E-state index is 12.4. The van der Waals surface area contributed by atoms with E-state index < -0.39 is 11.5 Å². The molecule has 2 N–H and O–H groups in total. The minimum atomic E-state index is -0.701. The van der Waals surface area contributed by atoms with Crippen LogP contribution in [-0.2, 0) is 4.79 Å². The molecule has 0 radical (unpaired) electrons. The highest BCUT2D eigenvalue weighted by Gasteiger charge is 2.14. The largest absolute Gasteiger partial charge is 0.484 e. The van der Waals surface area contributed by atoms with Crippen molar-refractivity contribution in [1.29, 1.82) is 0 Å². The van der Waals surface area contributed by atoms with Crippen LogP contribution in [0.15, 0.2) is 63.8 Å². The number of carbonyl (C=O) groups excluding carboxylic acids is 2. The number of nitrogens with one attached hydrogen (secondary N) is 2. The summed E-state index contributed by atoms with van der Waals surface area (Å²) in [7, 11) is 0. The van der Waals surface area contributed by atoms with Crippen molar-refractivity contribution >= 4 is 28.5 Å². The number of rotatable bonds is 6. The lowest BCUT2D eigenvalue weighted by Crippen LogP contribution is -2.28. The molecule has 0 aliphatic carbocycles. The van der Waals surface area contributed by atoms with Crippen molar-refractivity contribution < 1.29 is 18.7 Å². The molecule has 1 heterocycles. The van der Waals surface area contributed by atoms with Gasteiger partial charge in [0.15, 0.2) is 6.61 Å². The summed E-state index contributed by atoms with van der Waals surface area (Å²) in [6, 6.07) is 15.0. The zero-order valence-electron chi connectivity index (χ0n) is 14.7. The molecule has 0 bridgehead atoms. The third kappa shape index (κ3) is 4.52. The van der Waals surface area contributed by atoms with Crippen molar-refractivity contribution in [3.05, 3.63) is 70.6 Å². The van der Waals surface area contributed by atoms with Crippen molar-refractivity contribution in [3.8, 4) is 5.75 Å². The molecule has 2 amide bonds. The second-order valence-corrected chi connectivity index (χ2v) is 5.71. The van der Waals surface area contributed by atoms with Crippen LogP contribution in [0.3, 0.4) is 0 Å². The van der Waals surface area contributed by atoms with E-state index in [-0.39, 0.29) is 18.1 Å². The Bertz CT molecular complexity index is 1020. The molecule has 0 spiro atoms. The zero-order chi connectivity index (χ0) is 19.2. The first-order valence-corrected chi connectivity index (χ1v) is 8.40. The van der Waals surface area contributed by atoms with Gasteiger partial charge in [0.2, 0.25) is 0 Å². The lowest BCUT2D eigenvalue weighted by molar-refractivity contribution is -0.122. The Morgan fingerprint density at radius 3 is 2.56 bits per heavy atom. The maximum absolute atomic E-state index is 12.4. The number of benzene rings is 2. The fraction of sp³-hybridized carbons (Fsp3) is 0.150. The molecule has 0 aliphatic heterocycles. The average Bonchev–Trinajstić information content (AvgIpc) is 2.67. The molecule has 7 heteroatoms. The summed E-state index contributed by atoms with van der Waals surface area (Å²) < 4.78 is 10.5. The van der Waals surface area contributed by atoms with E-state index in [0.29, 0.717) is 29.0 Å². The summed E-state index contributed by atoms with van der Waals surface area (Å²) in [6.45, 7) is 2.28. The minimum Gasteiger partial charge on any atom is -0.484 e. The van der Waals surface area contributed by atoms with Crippen LogP contribution in [0.1, 0.15) is 17.3 Å². The number of likely N-dealkylation sites (N-methyl/N-ethyl adjacent to an activating group) is 1. The van der Waals surface area contributed by atoms with E-state index in [0.717, 1.165) is 0 Å². The number of hydrogen-bond donors (Lipinski definition) is 2. The molecule has 1 aromatic heterocycles. The number of para-hydroxylation sites is 1. The SMILES string of the molecule is CCNC(=O)COc1ccc(NC(=O)c2cc3ccccc3oc2=O)cc1. The molecule has 0 saturated heterocycles. The first-order chi connectivity index (χ1) is 13.1. The Kier molecular flexibility index (Phi) is 5.51. The summed E-state index contributed by atoms with van der Waals surface area (Å²) >= 11 is 0. The standard InChI is InChI=1S/C20H18N2O5/c1-2-21-18(23)12-26-15-9-7-14(8-10-15)22-19(24)16-11-13-5-3-4-6-17(13)27-20(16)25/h3-11H,2,12H2,1H3,(H,21,23)(H,22,24). The zero-order valence-corrected chi connectivity index (χ0v) is 14.7. The number of carbonyl (C=O) groups is 2. The predicted octanol–water partition coefficient (Wildman–Crippen LogP) is 2.56. The quantitative estimate of drug-likeness (QED) is 0.654. The third-order valence-electron chi connectivity index (χ3n) is 3.74. The summed E-state index contributed by atoms with van der Waals surface area (Å²) in [5.41, 5.74) is 0.129. The number of amides is 2. The Balaban J connectivity index is 1.68. The number of hydrogen-bond acceptors (Lipinski definition) is 5. The van der Waals surface area contributed by atoms with Gasteiger partial charge in [-0.2, -0.15) is 0 Å². The molecule has 0 atom stereocenters. The fourth-order valence-corrected chi connectivity index (χ4v) is 2.45. The Morgan fingerprint density at radius 2 is 1.81 bits per heavy atom. The van der Waals surface area contributed by atoms with Crippen LogP contribution in [0.5, 0.6) is 5.75 Å². The van der Waals surface area contributed by atoms with E-state index >= 15 is 0 Å². The highest BCUT2D eigenvalue weighted by atomic mass is 16.5. The van der Waals surface area contributed by atoms with Gasteiger partial charge in [-0.25, -0.2) is 4.79 Å². The van der Waals surface area contributed by atoms with Crippen molar-refractivity contribution in [2.45, 2.75) is 6.92 Å². The topological polar surface area (TPSA) is 97.6 Å². The van der Waals surface area contributed by atoms with Gasteiger partial charge >= 0.3 is 5.63 Å². The Hall–Kier alpha value is -3.61. The molecule has 138 valence electrons. The normalized spacial score (nSPS) is 10.4. The van der Waals surface area contributed by atoms with Crippen molar-refractivity contribution in [2.75, 3.05) is 18.5 Å². The van der Waals surface area contributed by atoms with Gasteiger partial charge in [-0.3, -0.25) is 9.59 Å². The fourth-order valence-electron chi connectivity index (χ4n) is 2.45. The molecule has 0 saturated carbocycles. The molecule has 7 nitrogen and oxygen atoms in total. The summed E-state index contributed by atoms with van der Waals surface area (Å²) in [6.07, 6.45) is 0. The minimum absolute atomic E-state index is 0.0785. The summed E-state index contributed by atoms with van der Waals surface area (Å²) in [5, 5.41) is 5.94. The maximum Gasteiger partial charge on any atom is 0.349 e. The molecule has 0 aliphatic rings. The van der Waals surface area contributed by atoms with Crippen LogP contribution in [0.25, 0.3) is 11.0 Å². The van der Waals surface area contributed by atoms with Gasteiger partial charge in [0.25, 0.3) is 11.8 Å². The van der Waals surface area contributed by atoms with Gasteiger partial charge in [0, 0.05) is 17.6 Å². The van der Waals surface area contributed by atoms with Crippen LogP contribution < -0.4 is 21.0 Å². The molecule has 2 aromatic carbocycles. The average molecular weight is 366 g/mol. The van der Waals surface area contributed by atoms with Crippen LogP contribution in [0, 0.1) is 0 Å². The summed E-state index contributed by atoms with van der Waals surface area (Å²) in [4.78, 5) is 35.8. The van der Waals surface area contributed by atoms with E-state index in [1.165, 1.54) is 6.07 Å². The molecular formula is C20H18N2O5. The van der Waals surface area contributed by atoms with E-state index in [1.807, 2.05) is 6.92 Å². The van der Waals surface area contributed by atoms with Gasteiger partial charge in [-0.15, -0.1) is 0 Å². The molecule has 3 rings (SSSR count). The van der Waals surface area contributed by atoms with Gasteiger partial charge in [-0.05, 0) is 43.3 Å². The van der Waals surface area contributed by atoms with Crippen LogP contribution in [0.2, 0.25) is 0 Å². The van der Waals surface area contributed by atoms with Gasteiger partial charge in [0.1, 0.15) is 16.9 Å². The first-order valence-electron chi connectivity index (χ1n) is 8.40. The number of anilines is 1. The van der Waals surface area contributed by atoms with E-state index in [9.17, 15) is 14.4 Å². The predicted molar refractivity (Wildman–Crippen MR) is 101 cm³/mol. The second kappa shape index (κ2) is 8.18. The second-order valence-electron chi connectivity index (χ2n) is 5.71. The van der Waals surface area contributed by atoms with Crippen molar-refractivity contribution in [3.63, 3.8) is 0 Å². The van der Waals surface area contributed by atoms with Crippen molar-refractivity contribution in [2.24, 2.45) is 0 Å².